The second-order valence-electron chi connectivity index (χ2n) is 3.99. The van der Waals surface area contributed by atoms with E-state index in [1.807, 2.05) is 6.92 Å². The number of nitrogens with one attached hydrogen (secondary N) is 2. The van der Waals surface area contributed by atoms with Gasteiger partial charge in [-0.1, -0.05) is 6.92 Å². The van der Waals surface area contributed by atoms with E-state index in [-0.39, 0.29) is 5.95 Å². The molecule has 4 N–H and O–H groups in total. The molecule has 0 spiro atoms. The number of hydrogen-bond donors (Lipinski definition) is 3. The number of rotatable bonds is 4. The summed E-state index contributed by atoms with van der Waals surface area (Å²) in [5.41, 5.74) is 6.22. The standard InChI is InChI=1S/C11H13N7O/c1-2-6-3-13-8(19-6)5-14-9-7-4-15-18-10(7)17-11(12)16-9/h3-4H,2,5H2,1H3,(H4,12,14,15,16,17,18). The summed E-state index contributed by atoms with van der Waals surface area (Å²) in [5, 5.41) is 10.6. The number of nitrogens with zero attached hydrogens (tertiary/aromatic N) is 4. The molecule has 8 nitrogen and oxygen atoms in total. The number of fused-ring (bicyclic) bond motifs is 1. The van der Waals surface area contributed by atoms with Crippen LogP contribution < -0.4 is 11.1 Å². The van der Waals surface area contributed by atoms with Crippen LogP contribution in [-0.4, -0.2) is 25.1 Å². The molecule has 3 aromatic heterocycles. The number of aryl methyl sites for hydroxylation is 1. The maximum Gasteiger partial charge on any atom is 0.224 e. The Morgan fingerprint density at radius 1 is 1.37 bits per heavy atom. The van der Waals surface area contributed by atoms with E-state index < -0.39 is 0 Å². The van der Waals surface area contributed by atoms with Gasteiger partial charge < -0.3 is 15.5 Å². The molecular weight excluding hydrogens is 246 g/mol. The van der Waals surface area contributed by atoms with Crippen LogP contribution in [0.5, 0.6) is 0 Å². The lowest BCUT2D eigenvalue weighted by atomic mass is 10.4. The van der Waals surface area contributed by atoms with Gasteiger partial charge in [-0.05, 0) is 0 Å². The number of aromatic amines is 1. The summed E-state index contributed by atoms with van der Waals surface area (Å²) in [6.07, 6.45) is 4.18. The average Bonchev–Trinajstić information content (AvgIpc) is 3.03. The fraction of sp³-hybridized carbons (Fsp3) is 0.273. The van der Waals surface area contributed by atoms with Gasteiger partial charge in [-0.2, -0.15) is 15.1 Å². The molecule has 0 bridgehead atoms. The molecule has 0 unspecified atom stereocenters. The smallest absolute Gasteiger partial charge is 0.224 e. The van der Waals surface area contributed by atoms with Crippen molar-refractivity contribution in [1.29, 1.82) is 0 Å². The molecule has 19 heavy (non-hydrogen) atoms. The average molecular weight is 259 g/mol. The minimum atomic E-state index is 0.181. The van der Waals surface area contributed by atoms with Crippen LogP contribution in [0, 0.1) is 0 Å². The van der Waals surface area contributed by atoms with Crippen LogP contribution in [0.3, 0.4) is 0 Å². The van der Waals surface area contributed by atoms with Gasteiger partial charge in [0.1, 0.15) is 11.6 Å². The maximum atomic E-state index is 5.63. The first-order chi connectivity index (χ1) is 9.26. The van der Waals surface area contributed by atoms with E-state index in [4.69, 9.17) is 10.2 Å². The molecule has 0 aliphatic heterocycles. The number of aromatic nitrogens is 5. The molecule has 3 heterocycles. The predicted molar refractivity (Wildman–Crippen MR) is 69.3 cm³/mol. The third kappa shape index (κ3) is 2.19. The van der Waals surface area contributed by atoms with Crippen LogP contribution in [-0.2, 0) is 13.0 Å². The van der Waals surface area contributed by atoms with Crippen LogP contribution in [0.4, 0.5) is 11.8 Å². The second kappa shape index (κ2) is 4.56. The molecular formula is C11H13N7O. The summed E-state index contributed by atoms with van der Waals surface area (Å²) in [6.45, 7) is 2.44. The van der Waals surface area contributed by atoms with Crippen molar-refractivity contribution in [3.05, 3.63) is 24.0 Å². The van der Waals surface area contributed by atoms with Crippen LogP contribution in [0.15, 0.2) is 16.8 Å². The van der Waals surface area contributed by atoms with Gasteiger partial charge in [0.15, 0.2) is 5.65 Å². The first-order valence-corrected chi connectivity index (χ1v) is 5.90. The first-order valence-electron chi connectivity index (χ1n) is 5.90. The molecule has 98 valence electrons. The highest BCUT2D eigenvalue weighted by Crippen LogP contribution is 2.19. The summed E-state index contributed by atoms with van der Waals surface area (Å²) in [6, 6.07) is 0. The highest BCUT2D eigenvalue weighted by atomic mass is 16.4. The van der Waals surface area contributed by atoms with E-state index in [0.717, 1.165) is 17.6 Å². The van der Waals surface area contributed by atoms with Crippen molar-refractivity contribution in [3.8, 4) is 0 Å². The van der Waals surface area contributed by atoms with Crippen LogP contribution in [0.2, 0.25) is 0 Å². The van der Waals surface area contributed by atoms with E-state index in [2.05, 4.69) is 30.5 Å². The van der Waals surface area contributed by atoms with Crippen molar-refractivity contribution in [3.63, 3.8) is 0 Å². The van der Waals surface area contributed by atoms with Crippen molar-refractivity contribution < 1.29 is 4.42 Å². The Labute approximate surface area is 108 Å². The predicted octanol–water partition coefficient (Wildman–Crippen LogP) is 1.10. The van der Waals surface area contributed by atoms with Crippen molar-refractivity contribution in [2.75, 3.05) is 11.1 Å². The minimum absolute atomic E-state index is 0.181. The lowest BCUT2D eigenvalue weighted by molar-refractivity contribution is 0.465. The van der Waals surface area contributed by atoms with Gasteiger partial charge in [-0.25, -0.2) is 4.98 Å². The van der Waals surface area contributed by atoms with Gasteiger partial charge in [-0.15, -0.1) is 0 Å². The summed E-state index contributed by atoms with van der Waals surface area (Å²) in [7, 11) is 0. The van der Waals surface area contributed by atoms with Crippen molar-refractivity contribution in [2.45, 2.75) is 19.9 Å². The monoisotopic (exact) mass is 259 g/mol. The lowest BCUT2D eigenvalue weighted by Gasteiger charge is -2.04. The van der Waals surface area contributed by atoms with E-state index in [1.165, 1.54) is 0 Å². The molecule has 0 saturated carbocycles. The van der Waals surface area contributed by atoms with Gasteiger partial charge in [0, 0.05) is 6.42 Å². The summed E-state index contributed by atoms with van der Waals surface area (Å²) in [5.74, 6) is 2.24. The molecule has 0 atom stereocenters. The number of hydrogen-bond acceptors (Lipinski definition) is 7. The third-order valence-electron chi connectivity index (χ3n) is 2.68. The Bertz CT molecular complexity index is 702. The Morgan fingerprint density at radius 2 is 2.26 bits per heavy atom. The molecule has 0 aliphatic carbocycles. The maximum absolute atomic E-state index is 5.63. The Kier molecular flexibility index (Phi) is 2.75. The molecule has 0 aliphatic rings. The van der Waals surface area contributed by atoms with E-state index in [9.17, 15) is 0 Å². The van der Waals surface area contributed by atoms with Gasteiger partial charge in [0.05, 0.1) is 24.3 Å². The number of H-pyrrole nitrogens is 1. The highest BCUT2D eigenvalue weighted by Gasteiger charge is 2.09. The largest absolute Gasteiger partial charge is 0.444 e. The fourth-order valence-corrected chi connectivity index (χ4v) is 1.74. The van der Waals surface area contributed by atoms with Crippen LogP contribution in [0.25, 0.3) is 11.0 Å². The normalized spacial score (nSPS) is 11.0. The molecule has 0 amide bonds. The summed E-state index contributed by atoms with van der Waals surface area (Å²) < 4.78 is 5.51. The molecule has 0 radical (unpaired) electrons. The summed E-state index contributed by atoms with van der Waals surface area (Å²) in [4.78, 5) is 12.3. The van der Waals surface area contributed by atoms with Crippen molar-refractivity contribution in [1.82, 2.24) is 25.1 Å². The fourth-order valence-electron chi connectivity index (χ4n) is 1.74. The molecule has 8 heteroatoms. The Balaban J connectivity index is 1.83. The quantitative estimate of drug-likeness (QED) is 0.641. The Morgan fingerprint density at radius 3 is 3.05 bits per heavy atom. The molecule has 3 aromatic rings. The Hall–Kier alpha value is -2.64. The molecule has 3 rings (SSSR count). The SMILES string of the molecule is CCc1cnc(CNc2nc(N)nc3[nH]ncc23)o1. The van der Waals surface area contributed by atoms with Crippen LogP contribution in [0.1, 0.15) is 18.6 Å². The molecule has 0 saturated heterocycles. The topological polar surface area (TPSA) is 119 Å². The zero-order valence-electron chi connectivity index (χ0n) is 10.3. The second-order valence-corrected chi connectivity index (χ2v) is 3.99. The van der Waals surface area contributed by atoms with E-state index >= 15 is 0 Å². The van der Waals surface area contributed by atoms with Crippen molar-refractivity contribution in [2.24, 2.45) is 0 Å². The third-order valence-corrected chi connectivity index (χ3v) is 2.68. The van der Waals surface area contributed by atoms with Gasteiger partial charge in [-0.3, -0.25) is 5.10 Å². The molecule has 0 aromatic carbocycles. The lowest BCUT2D eigenvalue weighted by Crippen LogP contribution is -2.05. The highest BCUT2D eigenvalue weighted by molar-refractivity contribution is 5.86. The minimum Gasteiger partial charge on any atom is -0.444 e. The van der Waals surface area contributed by atoms with Crippen molar-refractivity contribution >= 4 is 22.8 Å². The number of nitrogen functional groups attached to an aromatic ring is 1. The molecule has 0 fully saturated rings. The van der Waals surface area contributed by atoms with E-state index in [1.54, 1.807) is 12.4 Å². The number of nitrogens with two attached hydrogens (primary N) is 1. The van der Waals surface area contributed by atoms with Gasteiger partial charge in [0.2, 0.25) is 11.8 Å². The first kappa shape index (κ1) is 11.5. The summed E-state index contributed by atoms with van der Waals surface area (Å²) >= 11 is 0. The van der Waals surface area contributed by atoms with Gasteiger partial charge >= 0.3 is 0 Å². The van der Waals surface area contributed by atoms with Crippen LogP contribution >= 0.6 is 0 Å². The zero-order valence-corrected chi connectivity index (χ0v) is 10.3. The van der Waals surface area contributed by atoms with Gasteiger partial charge in [0.25, 0.3) is 0 Å². The van der Waals surface area contributed by atoms with E-state index in [0.29, 0.717) is 23.9 Å². The zero-order chi connectivity index (χ0) is 13.2. The number of anilines is 2. The number of oxazole rings is 1.